The van der Waals surface area contributed by atoms with Crippen LogP contribution in [0.1, 0.15) is 25.8 Å². The number of carboxylic acid groups (broad SMARTS) is 1. The van der Waals surface area contributed by atoms with Crippen molar-refractivity contribution in [3.05, 3.63) is 29.8 Å². The molecule has 0 aromatic heterocycles. The van der Waals surface area contributed by atoms with Crippen molar-refractivity contribution < 1.29 is 9.90 Å². The van der Waals surface area contributed by atoms with Gasteiger partial charge in [0.15, 0.2) is 0 Å². The minimum atomic E-state index is -0.858. The molecule has 1 rings (SSSR count). The van der Waals surface area contributed by atoms with Crippen molar-refractivity contribution >= 4 is 24.3 Å². The van der Waals surface area contributed by atoms with Gasteiger partial charge < -0.3 is 10.8 Å². The standard InChI is InChI=1S/C8H9NO2.C3H8.CH4S/c9-7-4-2-1-3-6(7)5-8(10)11;1-3-2;1-2/h1-4H,5,9H2,(H,10,11);3H2,1-2H3;2H,1H3. The lowest BCUT2D eigenvalue weighted by molar-refractivity contribution is -0.136. The van der Waals surface area contributed by atoms with Gasteiger partial charge in [0.2, 0.25) is 0 Å². The van der Waals surface area contributed by atoms with E-state index in [-0.39, 0.29) is 6.42 Å². The molecule has 0 saturated heterocycles. The van der Waals surface area contributed by atoms with Crippen LogP contribution in [0.25, 0.3) is 0 Å². The fourth-order valence-electron chi connectivity index (χ4n) is 0.858. The van der Waals surface area contributed by atoms with Gasteiger partial charge in [-0.2, -0.15) is 12.6 Å². The molecule has 16 heavy (non-hydrogen) atoms. The molecule has 0 aliphatic heterocycles. The van der Waals surface area contributed by atoms with E-state index in [9.17, 15) is 4.79 Å². The summed E-state index contributed by atoms with van der Waals surface area (Å²) in [6.45, 7) is 4.25. The third kappa shape index (κ3) is 9.40. The number of nitrogens with two attached hydrogens (primary N) is 1. The molecule has 0 saturated carbocycles. The lowest BCUT2D eigenvalue weighted by Crippen LogP contribution is -2.02. The average Bonchev–Trinajstić information content (AvgIpc) is 2.25. The van der Waals surface area contributed by atoms with E-state index in [1.54, 1.807) is 30.5 Å². The van der Waals surface area contributed by atoms with Gasteiger partial charge in [-0.15, -0.1) is 0 Å². The van der Waals surface area contributed by atoms with Crippen LogP contribution >= 0.6 is 12.6 Å². The maximum atomic E-state index is 10.3. The van der Waals surface area contributed by atoms with E-state index in [4.69, 9.17) is 10.8 Å². The number of aliphatic carboxylic acids is 1. The number of anilines is 1. The van der Waals surface area contributed by atoms with Crippen LogP contribution in [0.15, 0.2) is 24.3 Å². The van der Waals surface area contributed by atoms with E-state index in [0.29, 0.717) is 11.3 Å². The van der Waals surface area contributed by atoms with Crippen LogP contribution in [0.5, 0.6) is 0 Å². The van der Waals surface area contributed by atoms with Crippen LogP contribution in [0.4, 0.5) is 5.69 Å². The lowest BCUT2D eigenvalue weighted by atomic mass is 10.1. The highest BCUT2D eigenvalue weighted by molar-refractivity contribution is 7.79. The summed E-state index contributed by atoms with van der Waals surface area (Å²) in [5.74, 6) is -0.858. The second-order valence-corrected chi connectivity index (χ2v) is 2.98. The minimum Gasteiger partial charge on any atom is -0.481 e. The highest BCUT2D eigenvalue weighted by Crippen LogP contribution is 2.10. The predicted molar refractivity (Wildman–Crippen MR) is 73.1 cm³/mol. The Morgan fingerprint density at radius 3 is 2.12 bits per heavy atom. The van der Waals surface area contributed by atoms with Gasteiger partial charge in [-0.05, 0) is 17.9 Å². The first-order valence-corrected chi connectivity index (χ1v) is 6.01. The molecular formula is C12H21NO2S. The molecule has 0 heterocycles. The topological polar surface area (TPSA) is 63.3 Å². The Bertz CT molecular complexity index is 290. The third-order valence-electron chi connectivity index (χ3n) is 1.40. The highest BCUT2D eigenvalue weighted by Gasteiger charge is 2.01. The number of carboxylic acids is 1. The zero-order valence-electron chi connectivity index (χ0n) is 10.1. The number of benzene rings is 1. The van der Waals surface area contributed by atoms with Crippen LogP contribution in [0.2, 0.25) is 0 Å². The number of hydrogen-bond acceptors (Lipinski definition) is 3. The number of hydrogen-bond donors (Lipinski definition) is 3. The Kier molecular flexibility index (Phi) is 12.8. The van der Waals surface area contributed by atoms with E-state index >= 15 is 0 Å². The first kappa shape index (κ1) is 17.2. The summed E-state index contributed by atoms with van der Waals surface area (Å²) in [5.41, 5.74) is 6.71. The zero-order valence-corrected chi connectivity index (χ0v) is 11.0. The van der Waals surface area contributed by atoms with Crippen molar-refractivity contribution in [1.82, 2.24) is 0 Å². The molecule has 0 unspecified atom stereocenters. The number of carbonyl (C=O) groups is 1. The normalized spacial score (nSPS) is 8.00. The second kappa shape index (κ2) is 11.9. The van der Waals surface area contributed by atoms with Crippen LogP contribution < -0.4 is 5.73 Å². The van der Waals surface area contributed by atoms with Gasteiger partial charge in [0, 0.05) is 5.69 Å². The van der Waals surface area contributed by atoms with Crippen LogP contribution in [-0.2, 0) is 11.2 Å². The third-order valence-corrected chi connectivity index (χ3v) is 1.40. The maximum absolute atomic E-state index is 10.3. The fourth-order valence-corrected chi connectivity index (χ4v) is 0.858. The minimum absolute atomic E-state index is 0.00727. The molecular weight excluding hydrogens is 222 g/mol. The summed E-state index contributed by atoms with van der Waals surface area (Å²) in [7, 11) is 0. The Balaban J connectivity index is 0. The Hall–Kier alpha value is -1.16. The van der Waals surface area contributed by atoms with Crippen LogP contribution in [-0.4, -0.2) is 17.3 Å². The number of para-hydroxylation sites is 1. The molecule has 0 spiro atoms. The van der Waals surface area contributed by atoms with E-state index < -0.39 is 5.97 Å². The van der Waals surface area contributed by atoms with Crippen LogP contribution in [0, 0.1) is 0 Å². The van der Waals surface area contributed by atoms with Crippen molar-refractivity contribution in [2.45, 2.75) is 26.7 Å². The maximum Gasteiger partial charge on any atom is 0.307 e. The SMILES string of the molecule is CCC.CS.Nc1ccccc1CC(=O)O. The molecule has 3 nitrogen and oxygen atoms in total. The predicted octanol–water partition coefficient (Wildman–Crippen LogP) is 2.86. The average molecular weight is 243 g/mol. The quantitative estimate of drug-likeness (QED) is 0.553. The summed E-state index contributed by atoms with van der Waals surface area (Å²) >= 11 is 3.53. The highest BCUT2D eigenvalue weighted by atomic mass is 32.1. The van der Waals surface area contributed by atoms with E-state index in [0.717, 1.165) is 0 Å². The Morgan fingerprint density at radius 1 is 1.31 bits per heavy atom. The number of nitrogen functional groups attached to an aromatic ring is 1. The van der Waals surface area contributed by atoms with Crippen molar-refractivity contribution in [2.75, 3.05) is 12.0 Å². The summed E-state index contributed by atoms with van der Waals surface area (Å²) in [4.78, 5) is 10.3. The van der Waals surface area contributed by atoms with Crippen molar-refractivity contribution in [2.24, 2.45) is 0 Å². The Labute approximate surface area is 103 Å². The smallest absolute Gasteiger partial charge is 0.307 e. The van der Waals surface area contributed by atoms with Gasteiger partial charge in [-0.25, -0.2) is 0 Å². The Morgan fingerprint density at radius 2 is 1.75 bits per heavy atom. The van der Waals surface area contributed by atoms with Gasteiger partial charge in [0.25, 0.3) is 0 Å². The number of rotatable bonds is 2. The molecule has 1 aromatic carbocycles. The molecule has 92 valence electrons. The van der Waals surface area contributed by atoms with Crippen molar-refractivity contribution in [1.29, 1.82) is 0 Å². The molecule has 0 radical (unpaired) electrons. The van der Waals surface area contributed by atoms with Gasteiger partial charge >= 0.3 is 5.97 Å². The lowest BCUT2D eigenvalue weighted by Gasteiger charge is -1.99. The molecule has 0 fully saturated rings. The molecule has 1 aromatic rings. The van der Waals surface area contributed by atoms with Gasteiger partial charge in [-0.1, -0.05) is 38.5 Å². The van der Waals surface area contributed by atoms with Gasteiger partial charge in [0.05, 0.1) is 6.42 Å². The fraction of sp³-hybridized carbons (Fsp3) is 0.417. The first-order chi connectivity index (χ1) is 7.61. The molecule has 4 heteroatoms. The largest absolute Gasteiger partial charge is 0.481 e. The molecule has 0 aliphatic carbocycles. The van der Waals surface area contributed by atoms with Crippen molar-refractivity contribution in [3.63, 3.8) is 0 Å². The van der Waals surface area contributed by atoms with Gasteiger partial charge in [0.1, 0.15) is 0 Å². The number of thiol groups is 1. The summed E-state index contributed by atoms with van der Waals surface area (Å²) < 4.78 is 0. The van der Waals surface area contributed by atoms with E-state index in [1.165, 1.54) is 6.42 Å². The summed E-state index contributed by atoms with van der Waals surface area (Å²) in [5, 5.41) is 8.44. The summed E-state index contributed by atoms with van der Waals surface area (Å²) in [6.07, 6.45) is 2.94. The molecule has 0 bridgehead atoms. The molecule has 0 amide bonds. The van der Waals surface area contributed by atoms with Crippen LogP contribution in [0.3, 0.4) is 0 Å². The van der Waals surface area contributed by atoms with E-state index in [2.05, 4.69) is 26.5 Å². The zero-order chi connectivity index (χ0) is 13.0. The molecule has 0 aliphatic rings. The van der Waals surface area contributed by atoms with E-state index in [1.807, 2.05) is 0 Å². The van der Waals surface area contributed by atoms with Crippen molar-refractivity contribution in [3.8, 4) is 0 Å². The molecule has 0 atom stereocenters. The first-order valence-electron chi connectivity index (χ1n) is 5.11. The second-order valence-electron chi connectivity index (χ2n) is 2.98. The summed E-state index contributed by atoms with van der Waals surface area (Å²) in [6, 6.07) is 6.96. The van der Waals surface area contributed by atoms with Gasteiger partial charge in [-0.3, -0.25) is 4.79 Å². The molecule has 3 N–H and O–H groups in total. The monoisotopic (exact) mass is 243 g/mol.